The molecule has 4 N–H and O–H groups in total. The first-order valence-corrected chi connectivity index (χ1v) is 6.94. The summed E-state index contributed by atoms with van der Waals surface area (Å²) < 4.78 is 2.12. The molecule has 19 heavy (non-hydrogen) atoms. The first kappa shape index (κ1) is 12.1. The van der Waals surface area contributed by atoms with Gasteiger partial charge in [-0.2, -0.15) is 0 Å². The molecular formula is C15H20N4. The van der Waals surface area contributed by atoms with Crippen molar-refractivity contribution in [2.45, 2.75) is 38.0 Å². The minimum atomic E-state index is 0.556. The lowest BCUT2D eigenvalue weighted by Crippen LogP contribution is -2.12. The second-order valence-corrected chi connectivity index (χ2v) is 5.31. The topological polar surface area (TPSA) is 69.9 Å². The lowest BCUT2D eigenvalue weighted by Gasteiger charge is -2.22. The zero-order valence-electron chi connectivity index (χ0n) is 11.0. The summed E-state index contributed by atoms with van der Waals surface area (Å²) in [6.45, 7) is 0. The van der Waals surface area contributed by atoms with E-state index in [1.807, 2.05) is 24.5 Å². The van der Waals surface area contributed by atoms with E-state index in [0.717, 1.165) is 11.5 Å². The molecule has 100 valence electrons. The maximum absolute atomic E-state index is 6.08. The van der Waals surface area contributed by atoms with E-state index >= 15 is 0 Å². The summed E-state index contributed by atoms with van der Waals surface area (Å²) in [5.41, 5.74) is 14.2. The molecule has 0 saturated heterocycles. The van der Waals surface area contributed by atoms with Gasteiger partial charge < -0.3 is 16.0 Å². The van der Waals surface area contributed by atoms with E-state index < -0.39 is 0 Å². The fourth-order valence-electron chi connectivity index (χ4n) is 2.97. The average Bonchev–Trinajstić information content (AvgIpc) is 2.89. The quantitative estimate of drug-likeness (QED) is 0.811. The van der Waals surface area contributed by atoms with Gasteiger partial charge >= 0.3 is 0 Å². The molecule has 0 atom stereocenters. The van der Waals surface area contributed by atoms with E-state index in [1.54, 1.807) is 6.07 Å². The number of hydrogen-bond donors (Lipinski definition) is 2. The van der Waals surface area contributed by atoms with Crippen molar-refractivity contribution in [3.63, 3.8) is 0 Å². The van der Waals surface area contributed by atoms with Gasteiger partial charge in [-0.05, 0) is 31.0 Å². The van der Waals surface area contributed by atoms with Crippen LogP contribution in [0.5, 0.6) is 0 Å². The number of hydrogen-bond acceptors (Lipinski definition) is 3. The number of anilines is 2. The zero-order valence-corrected chi connectivity index (χ0v) is 11.0. The van der Waals surface area contributed by atoms with Crippen molar-refractivity contribution >= 4 is 11.4 Å². The third-order valence-corrected chi connectivity index (χ3v) is 3.95. The summed E-state index contributed by atoms with van der Waals surface area (Å²) in [6.07, 6.45) is 10.3. The lowest BCUT2D eigenvalue weighted by molar-refractivity contribution is 0.425. The van der Waals surface area contributed by atoms with Gasteiger partial charge in [0.2, 0.25) is 0 Å². The molecule has 2 aromatic rings. The van der Waals surface area contributed by atoms with Crippen molar-refractivity contribution < 1.29 is 0 Å². The molecule has 0 radical (unpaired) electrons. The number of rotatable bonds is 2. The Labute approximate surface area is 113 Å². The van der Waals surface area contributed by atoms with E-state index in [4.69, 9.17) is 11.5 Å². The van der Waals surface area contributed by atoms with Crippen molar-refractivity contribution in [3.05, 3.63) is 36.4 Å². The highest BCUT2D eigenvalue weighted by Crippen LogP contribution is 2.33. The molecule has 4 nitrogen and oxygen atoms in total. The van der Waals surface area contributed by atoms with E-state index in [2.05, 4.69) is 9.55 Å². The number of imidazole rings is 1. The second-order valence-electron chi connectivity index (χ2n) is 5.31. The average molecular weight is 256 g/mol. The van der Waals surface area contributed by atoms with Crippen molar-refractivity contribution in [1.29, 1.82) is 0 Å². The van der Waals surface area contributed by atoms with Gasteiger partial charge in [0.1, 0.15) is 5.82 Å². The standard InChI is InChI=1S/C15H20N4/c16-12-6-7-14(13(17)10-12)19-9-8-18-15(19)11-4-2-1-3-5-11/h6-11H,1-5,16-17H2. The van der Waals surface area contributed by atoms with E-state index in [9.17, 15) is 0 Å². The van der Waals surface area contributed by atoms with Crippen LogP contribution in [0, 0.1) is 0 Å². The van der Waals surface area contributed by atoms with Crippen LogP contribution in [0.4, 0.5) is 11.4 Å². The second kappa shape index (κ2) is 4.96. The SMILES string of the molecule is Nc1ccc(-n2ccnc2C2CCCCC2)c(N)c1. The summed E-state index contributed by atoms with van der Waals surface area (Å²) in [4.78, 5) is 4.56. The molecule has 0 unspecified atom stereocenters. The van der Waals surface area contributed by atoms with E-state index in [-0.39, 0.29) is 0 Å². The summed E-state index contributed by atoms with van der Waals surface area (Å²) in [5, 5.41) is 0. The maximum atomic E-state index is 6.08. The fraction of sp³-hybridized carbons (Fsp3) is 0.400. The Bertz CT molecular complexity index is 567. The Balaban J connectivity index is 1.99. The van der Waals surface area contributed by atoms with Crippen LogP contribution < -0.4 is 11.5 Å². The Kier molecular flexibility index (Phi) is 3.15. The molecule has 3 rings (SSSR count). The largest absolute Gasteiger partial charge is 0.399 e. The molecule has 1 heterocycles. The Morgan fingerprint density at radius 1 is 1.11 bits per heavy atom. The van der Waals surface area contributed by atoms with Crippen molar-refractivity contribution in [2.75, 3.05) is 11.5 Å². The number of nitrogen functional groups attached to an aromatic ring is 2. The van der Waals surface area contributed by atoms with Gasteiger partial charge in [-0.1, -0.05) is 19.3 Å². The molecule has 0 bridgehead atoms. The highest BCUT2D eigenvalue weighted by molar-refractivity contribution is 5.64. The van der Waals surface area contributed by atoms with Crippen LogP contribution in [-0.2, 0) is 0 Å². The smallest absolute Gasteiger partial charge is 0.116 e. The van der Waals surface area contributed by atoms with Crippen LogP contribution in [0.1, 0.15) is 43.8 Å². The molecule has 0 spiro atoms. The molecule has 4 heteroatoms. The summed E-state index contributed by atoms with van der Waals surface area (Å²) >= 11 is 0. The van der Waals surface area contributed by atoms with Gasteiger partial charge in [0.25, 0.3) is 0 Å². The number of nitrogens with two attached hydrogens (primary N) is 2. The van der Waals surface area contributed by atoms with Gasteiger partial charge in [0.05, 0.1) is 11.4 Å². The van der Waals surface area contributed by atoms with Gasteiger partial charge in [-0.3, -0.25) is 0 Å². The van der Waals surface area contributed by atoms with E-state index in [1.165, 1.54) is 32.1 Å². The predicted octanol–water partition coefficient (Wildman–Crippen LogP) is 3.08. The summed E-state index contributed by atoms with van der Waals surface area (Å²) in [6, 6.07) is 5.66. The molecule has 1 aliphatic rings. The molecule has 0 amide bonds. The predicted molar refractivity (Wildman–Crippen MR) is 78.2 cm³/mol. The third kappa shape index (κ3) is 2.30. The molecule has 1 saturated carbocycles. The maximum Gasteiger partial charge on any atom is 0.116 e. The monoisotopic (exact) mass is 256 g/mol. The Morgan fingerprint density at radius 2 is 1.89 bits per heavy atom. The minimum absolute atomic E-state index is 0.556. The summed E-state index contributed by atoms with van der Waals surface area (Å²) in [5.74, 6) is 1.69. The zero-order chi connectivity index (χ0) is 13.2. The van der Waals surface area contributed by atoms with Crippen molar-refractivity contribution in [3.8, 4) is 5.69 Å². The fourth-order valence-corrected chi connectivity index (χ4v) is 2.97. The van der Waals surface area contributed by atoms with Gasteiger partial charge in [0, 0.05) is 24.0 Å². The van der Waals surface area contributed by atoms with Crippen LogP contribution in [0.15, 0.2) is 30.6 Å². The van der Waals surface area contributed by atoms with Gasteiger partial charge in [0.15, 0.2) is 0 Å². The van der Waals surface area contributed by atoms with Crippen LogP contribution in [0.25, 0.3) is 5.69 Å². The summed E-state index contributed by atoms with van der Waals surface area (Å²) in [7, 11) is 0. The molecule has 1 aromatic heterocycles. The third-order valence-electron chi connectivity index (χ3n) is 3.95. The first-order valence-electron chi connectivity index (χ1n) is 6.94. The van der Waals surface area contributed by atoms with Gasteiger partial charge in [-0.25, -0.2) is 4.98 Å². The molecule has 1 aliphatic carbocycles. The number of benzene rings is 1. The molecule has 0 aliphatic heterocycles. The highest BCUT2D eigenvalue weighted by Gasteiger charge is 2.20. The van der Waals surface area contributed by atoms with Crippen LogP contribution >= 0.6 is 0 Å². The Morgan fingerprint density at radius 3 is 2.63 bits per heavy atom. The van der Waals surface area contributed by atoms with E-state index in [0.29, 0.717) is 17.3 Å². The molecule has 1 aromatic carbocycles. The van der Waals surface area contributed by atoms with Crippen molar-refractivity contribution in [2.24, 2.45) is 0 Å². The molecule has 1 fully saturated rings. The highest BCUT2D eigenvalue weighted by atomic mass is 15.1. The van der Waals surface area contributed by atoms with Crippen molar-refractivity contribution in [1.82, 2.24) is 9.55 Å². The van der Waals surface area contributed by atoms with Gasteiger partial charge in [-0.15, -0.1) is 0 Å². The van der Waals surface area contributed by atoms with Crippen LogP contribution in [-0.4, -0.2) is 9.55 Å². The van der Waals surface area contributed by atoms with Crippen LogP contribution in [0.3, 0.4) is 0 Å². The van der Waals surface area contributed by atoms with Crippen LogP contribution in [0.2, 0.25) is 0 Å². The number of aromatic nitrogens is 2. The Hall–Kier alpha value is -1.97. The first-order chi connectivity index (χ1) is 9.25. The lowest BCUT2D eigenvalue weighted by atomic mass is 9.88. The minimum Gasteiger partial charge on any atom is -0.399 e. The molecular weight excluding hydrogens is 236 g/mol. The normalized spacial score (nSPS) is 16.6. The number of nitrogens with zero attached hydrogens (tertiary/aromatic N) is 2.